The molecule has 4 aliphatic carbocycles. The van der Waals surface area contributed by atoms with Crippen LogP contribution in [-0.4, -0.2) is 24.1 Å². The molecule has 6 atom stereocenters. The van der Waals surface area contributed by atoms with E-state index in [0.29, 0.717) is 18.3 Å². The minimum atomic E-state index is -0.426. The Morgan fingerprint density at radius 3 is 2.75 bits per heavy atom. The van der Waals surface area contributed by atoms with Crippen molar-refractivity contribution in [3.05, 3.63) is 47.5 Å². The van der Waals surface area contributed by atoms with Crippen molar-refractivity contribution in [1.29, 1.82) is 0 Å². The SMILES string of the molecule is CC(=O)OCC(=O)C1C(c2ccco2)CC2C3CCC4=CC(=O)CCC4(C)C3=CCC21C. The highest BCUT2D eigenvalue weighted by Gasteiger charge is 2.61. The Hall–Kier alpha value is -2.43. The number of ether oxygens (including phenoxy) is 1. The lowest BCUT2D eigenvalue weighted by molar-refractivity contribution is -0.148. The average Bonchev–Trinajstić information content (AvgIpc) is 3.38. The summed E-state index contributed by atoms with van der Waals surface area (Å²) in [5.74, 6) is 1.20. The van der Waals surface area contributed by atoms with Gasteiger partial charge in [-0.1, -0.05) is 31.1 Å². The molecule has 1 heterocycles. The molecular weight excluding hydrogens is 404 g/mol. The van der Waals surface area contributed by atoms with E-state index in [1.807, 2.05) is 18.2 Å². The van der Waals surface area contributed by atoms with E-state index < -0.39 is 5.97 Å². The molecule has 0 amide bonds. The summed E-state index contributed by atoms with van der Waals surface area (Å²) in [5.41, 5.74) is 2.54. The van der Waals surface area contributed by atoms with Crippen molar-refractivity contribution >= 4 is 17.5 Å². The molecular formula is C27H32O5. The molecule has 0 aromatic carbocycles. The fourth-order valence-electron chi connectivity index (χ4n) is 7.55. The summed E-state index contributed by atoms with van der Waals surface area (Å²) < 4.78 is 10.9. The van der Waals surface area contributed by atoms with Gasteiger partial charge in [-0.25, -0.2) is 0 Å². The van der Waals surface area contributed by atoms with Crippen LogP contribution in [0.4, 0.5) is 0 Å². The zero-order valence-corrected chi connectivity index (χ0v) is 19.2. The topological polar surface area (TPSA) is 73.6 Å². The quantitative estimate of drug-likeness (QED) is 0.481. The third-order valence-electron chi connectivity index (χ3n) is 9.07. The van der Waals surface area contributed by atoms with Crippen LogP contribution in [0.5, 0.6) is 0 Å². The normalized spacial score (nSPS) is 38.2. The van der Waals surface area contributed by atoms with E-state index in [0.717, 1.165) is 37.9 Å². The van der Waals surface area contributed by atoms with Gasteiger partial charge in [-0.3, -0.25) is 14.4 Å². The van der Waals surface area contributed by atoms with E-state index in [9.17, 15) is 14.4 Å². The van der Waals surface area contributed by atoms with Crippen molar-refractivity contribution in [2.75, 3.05) is 6.61 Å². The van der Waals surface area contributed by atoms with Gasteiger partial charge in [0.25, 0.3) is 0 Å². The van der Waals surface area contributed by atoms with Crippen molar-refractivity contribution in [3.8, 4) is 0 Å². The van der Waals surface area contributed by atoms with Crippen LogP contribution in [-0.2, 0) is 19.1 Å². The minimum Gasteiger partial charge on any atom is -0.469 e. The smallest absolute Gasteiger partial charge is 0.303 e. The predicted octanol–water partition coefficient (Wildman–Crippen LogP) is 5.17. The Morgan fingerprint density at radius 1 is 1.22 bits per heavy atom. The number of fused-ring (bicyclic) bond motifs is 5. The molecule has 5 rings (SSSR count). The second kappa shape index (κ2) is 7.57. The number of carbonyl (C=O) groups excluding carboxylic acids is 3. The first-order chi connectivity index (χ1) is 15.2. The summed E-state index contributed by atoms with van der Waals surface area (Å²) in [6.07, 6.45) is 11.2. The van der Waals surface area contributed by atoms with Crippen LogP contribution in [0.3, 0.4) is 0 Å². The van der Waals surface area contributed by atoms with E-state index in [4.69, 9.17) is 9.15 Å². The molecule has 4 aliphatic rings. The van der Waals surface area contributed by atoms with Gasteiger partial charge < -0.3 is 9.15 Å². The third kappa shape index (κ3) is 3.15. The summed E-state index contributed by atoms with van der Waals surface area (Å²) in [5, 5.41) is 0. The van der Waals surface area contributed by atoms with E-state index in [-0.39, 0.29) is 40.8 Å². The van der Waals surface area contributed by atoms with Gasteiger partial charge in [0, 0.05) is 30.6 Å². The highest BCUT2D eigenvalue weighted by atomic mass is 16.5. The van der Waals surface area contributed by atoms with Gasteiger partial charge in [-0.15, -0.1) is 0 Å². The number of allylic oxidation sites excluding steroid dienone is 4. The summed E-state index contributed by atoms with van der Waals surface area (Å²) in [7, 11) is 0. The first kappa shape index (κ1) is 21.4. The molecule has 1 aromatic rings. The molecule has 0 bridgehead atoms. The van der Waals surface area contributed by atoms with Gasteiger partial charge in [0.1, 0.15) is 12.4 Å². The zero-order valence-electron chi connectivity index (χ0n) is 19.2. The maximum absolute atomic E-state index is 13.4. The number of hydrogen-bond donors (Lipinski definition) is 0. The largest absolute Gasteiger partial charge is 0.469 e. The Kier molecular flexibility index (Phi) is 5.06. The second-order valence-electron chi connectivity index (χ2n) is 10.7. The van der Waals surface area contributed by atoms with Crippen molar-refractivity contribution in [1.82, 2.24) is 0 Å². The Balaban J connectivity index is 1.53. The molecule has 0 saturated heterocycles. The lowest BCUT2D eigenvalue weighted by Gasteiger charge is -2.53. The molecule has 32 heavy (non-hydrogen) atoms. The molecule has 0 N–H and O–H groups in total. The molecule has 2 fully saturated rings. The first-order valence-corrected chi connectivity index (χ1v) is 11.9. The fraction of sp³-hybridized carbons (Fsp3) is 0.593. The number of hydrogen-bond acceptors (Lipinski definition) is 5. The summed E-state index contributed by atoms with van der Waals surface area (Å²) in [4.78, 5) is 36.9. The van der Waals surface area contributed by atoms with Gasteiger partial charge in [0.05, 0.1) is 6.26 Å². The van der Waals surface area contributed by atoms with Crippen LogP contribution in [0.2, 0.25) is 0 Å². The average molecular weight is 437 g/mol. The summed E-state index contributed by atoms with van der Waals surface area (Å²) >= 11 is 0. The molecule has 5 heteroatoms. The Bertz CT molecular complexity index is 1010. The van der Waals surface area contributed by atoms with Gasteiger partial charge in [0.15, 0.2) is 11.6 Å². The molecule has 2 saturated carbocycles. The van der Waals surface area contributed by atoms with Crippen LogP contribution >= 0.6 is 0 Å². The van der Waals surface area contributed by atoms with Gasteiger partial charge >= 0.3 is 5.97 Å². The maximum atomic E-state index is 13.4. The van der Waals surface area contributed by atoms with Gasteiger partial charge in [0.2, 0.25) is 0 Å². The third-order valence-corrected chi connectivity index (χ3v) is 9.07. The van der Waals surface area contributed by atoms with Crippen LogP contribution in [0.1, 0.15) is 71.0 Å². The number of Topliss-reactive ketones (excluding diaryl/α,β-unsaturated/α-hetero) is 1. The molecule has 1 aromatic heterocycles. The monoisotopic (exact) mass is 436 g/mol. The number of carbonyl (C=O) groups is 3. The van der Waals surface area contributed by atoms with E-state index >= 15 is 0 Å². The second-order valence-corrected chi connectivity index (χ2v) is 10.7. The summed E-state index contributed by atoms with van der Waals surface area (Å²) in [6, 6.07) is 3.86. The number of rotatable bonds is 4. The van der Waals surface area contributed by atoms with Gasteiger partial charge in [-0.2, -0.15) is 0 Å². The van der Waals surface area contributed by atoms with Gasteiger partial charge in [-0.05, 0) is 67.6 Å². The summed E-state index contributed by atoms with van der Waals surface area (Å²) in [6.45, 7) is 5.73. The van der Waals surface area contributed by atoms with Crippen molar-refractivity contribution in [3.63, 3.8) is 0 Å². The highest BCUT2D eigenvalue weighted by Crippen LogP contribution is 2.67. The molecule has 0 aliphatic heterocycles. The number of furan rings is 1. The minimum absolute atomic E-state index is 0.00526. The van der Waals surface area contributed by atoms with Crippen LogP contribution < -0.4 is 0 Å². The van der Waals surface area contributed by atoms with E-state index in [2.05, 4.69) is 19.9 Å². The Morgan fingerprint density at radius 2 is 2.03 bits per heavy atom. The molecule has 6 unspecified atom stereocenters. The molecule has 0 spiro atoms. The van der Waals surface area contributed by atoms with Crippen LogP contribution in [0.25, 0.3) is 0 Å². The predicted molar refractivity (Wildman–Crippen MR) is 119 cm³/mol. The molecule has 170 valence electrons. The first-order valence-electron chi connectivity index (χ1n) is 11.9. The highest BCUT2D eigenvalue weighted by molar-refractivity contribution is 5.92. The zero-order chi connectivity index (χ0) is 22.7. The lowest BCUT2D eigenvalue weighted by atomic mass is 9.51. The standard InChI is InChI=1S/C27H32O5/c1-16(28)32-15-23(30)25-20(24-5-4-12-31-24)14-22-19-7-6-17-13-18(29)8-10-26(17,2)21(19)9-11-27(22,25)3/h4-5,9,12-13,19-20,22,25H,6-8,10-11,14-15H2,1-3H3. The maximum Gasteiger partial charge on any atom is 0.303 e. The molecule has 5 nitrogen and oxygen atoms in total. The number of ketones is 2. The fourth-order valence-corrected chi connectivity index (χ4v) is 7.55. The van der Waals surface area contributed by atoms with Crippen molar-refractivity contribution in [2.45, 2.75) is 65.2 Å². The lowest BCUT2D eigenvalue weighted by Crippen LogP contribution is -2.46. The van der Waals surface area contributed by atoms with E-state index in [1.54, 1.807) is 6.26 Å². The number of esters is 1. The van der Waals surface area contributed by atoms with Crippen LogP contribution in [0, 0.1) is 28.6 Å². The molecule has 0 radical (unpaired) electrons. The van der Waals surface area contributed by atoms with Crippen molar-refractivity contribution < 1.29 is 23.5 Å². The van der Waals surface area contributed by atoms with Crippen molar-refractivity contribution in [2.24, 2.45) is 28.6 Å². The van der Waals surface area contributed by atoms with Crippen LogP contribution in [0.15, 0.2) is 46.1 Å². The Labute approximate surface area is 189 Å². The van der Waals surface area contributed by atoms with E-state index in [1.165, 1.54) is 18.1 Å².